The molecule has 0 amide bonds. The summed E-state index contributed by atoms with van der Waals surface area (Å²) < 4.78 is 1.33. The summed E-state index contributed by atoms with van der Waals surface area (Å²) in [4.78, 5) is 23.7. The van der Waals surface area contributed by atoms with Crippen LogP contribution in [-0.4, -0.2) is 9.55 Å². The van der Waals surface area contributed by atoms with Gasteiger partial charge in [-0.25, -0.2) is 4.79 Å². The Labute approximate surface area is 73.1 Å². The number of rotatable bonds is 2. The summed E-state index contributed by atoms with van der Waals surface area (Å²) in [5.74, 6) is 0. The maximum Gasteiger partial charge on any atom is 0.328 e. The second-order valence-electron chi connectivity index (χ2n) is 2.12. The summed E-state index contributed by atoms with van der Waals surface area (Å²) >= 11 is 5.27. The molecule has 1 aromatic rings. The number of aromatic nitrogens is 2. The molecule has 0 aliphatic heterocycles. The molecule has 0 aliphatic rings. The van der Waals surface area contributed by atoms with Crippen LogP contribution in [0, 0.1) is 0 Å². The molecule has 12 heavy (non-hydrogen) atoms. The number of allylic oxidation sites excluding steroid dienone is 1. The van der Waals surface area contributed by atoms with Crippen molar-refractivity contribution in [2.45, 2.75) is 6.54 Å². The van der Waals surface area contributed by atoms with E-state index in [-0.39, 0.29) is 0 Å². The van der Waals surface area contributed by atoms with Crippen LogP contribution in [0.1, 0.15) is 0 Å². The van der Waals surface area contributed by atoms with Gasteiger partial charge in [0.05, 0.1) is 0 Å². The van der Waals surface area contributed by atoms with Gasteiger partial charge < -0.3 is 0 Å². The lowest BCUT2D eigenvalue weighted by atomic mass is 10.5. The van der Waals surface area contributed by atoms with E-state index in [0.717, 1.165) is 0 Å². The number of hydrogen-bond donors (Lipinski definition) is 1. The first-order chi connectivity index (χ1) is 5.74. The van der Waals surface area contributed by atoms with Crippen molar-refractivity contribution in [3.63, 3.8) is 0 Å². The first-order valence-corrected chi connectivity index (χ1v) is 3.72. The molecule has 1 aromatic heterocycles. The lowest BCUT2D eigenvalue weighted by molar-refractivity contribution is 0.736. The molecule has 0 saturated heterocycles. The first kappa shape index (κ1) is 8.80. The number of hydrogen-bond acceptors (Lipinski definition) is 2. The first-order valence-electron chi connectivity index (χ1n) is 3.29. The van der Waals surface area contributed by atoms with Gasteiger partial charge in [0.2, 0.25) is 0 Å². The van der Waals surface area contributed by atoms with E-state index in [9.17, 15) is 9.59 Å². The van der Waals surface area contributed by atoms with E-state index in [4.69, 9.17) is 11.6 Å². The SMILES string of the molecule is O=c1ccn(C/C=C/Cl)c(=O)[nH]1. The fraction of sp³-hybridized carbons (Fsp3) is 0.143. The number of aromatic amines is 1. The lowest BCUT2D eigenvalue weighted by Gasteiger charge is -1.97. The molecule has 0 spiro atoms. The number of H-pyrrole nitrogens is 1. The average molecular weight is 187 g/mol. The van der Waals surface area contributed by atoms with Crippen LogP contribution >= 0.6 is 11.6 Å². The third kappa shape index (κ3) is 2.10. The molecule has 0 bridgehead atoms. The summed E-state index contributed by atoms with van der Waals surface area (Å²) in [7, 11) is 0. The minimum absolute atomic E-state index is 0.360. The third-order valence-electron chi connectivity index (χ3n) is 1.29. The quantitative estimate of drug-likeness (QED) is 0.722. The Hall–Kier alpha value is -1.29. The van der Waals surface area contributed by atoms with Gasteiger partial charge >= 0.3 is 5.69 Å². The van der Waals surface area contributed by atoms with Crippen LogP contribution in [0.25, 0.3) is 0 Å². The van der Waals surface area contributed by atoms with Crippen molar-refractivity contribution in [1.82, 2.24) is 9.55 Å². The fourth-order valence-corrected chi connectivity index (χ4v) is 0.821. The second-order valence-corrected chi connectivity index (χ2v) is 2.38. The molecule has 64 valence electrons. The molecule has 0 unspecified atom stereocenters. The van der Waals surface area contributed by atoms with E-state index in [2.05, 4.69) is 4.98 Å². The predicted octanol–water partition coefficient (Wildman–Crippen LogP) is 0.289. The predicted molar refractivity (Wildman–Crippen MR) is 46.3 cm³/mol. The van der Waals surface area contributed by atoms with E-state index in [1.54, 1.807) is 6.08 Å². The zero-order valence-electron chi connectivity index (χ0n) is 6.16. The molecule has 1 N–H and O–H groups in total. The summed E-state index contributed by atoms with van der Waals surface area (Å²) in [5, 5.41) is 0. The topological polar surface area (TPSA) is 54.9 Å². The Morgan fingerprint density at radius 2 is 2.33 bits per heavy atom. The Morgan fingerprint density at radius 3 is 2.92 bits per heavy atom. The highest BCUT2D eigenvalue weighted by atomic mass is 35.5. The molecule has 5 heteroatoms. The molecule has 1 rings (SSSR count). The van der Waals surface area contributed by atoms with Gasteiger partial charge in [-0.1, -0.05) is 17.7 Å². The standard InChI is InChI=1S/C7H7ClN2O2/c8-3-1-4-10-5-2-6(11)9-7(10)12/h1-3,5H,4H2,(H,9,11,12)/b3-1+. The molecule has 0 fully saturated rings. The van der Waals surface area contributed by atoms with E-state index in [0.29, 0.717) is 6.54 Å². The van der Waals surface area contributed by atoms with E-state index < -0.39 is 11.2 Å². The van der Waals surface area contributed by atoms with Crippen LogP contribution in [0.15, 0.2) is 33.5 Å². The molecule has 0 aromatic carbocycles. The second kappa shape index (κ2) is 3.92. The highest BCUT2D eigenvalue weighted by Gasteiger charge is 1.91. The largest absolute Gasteiger partial charge is 0.328 e. The number of nitrogens with one attached hydrogen (secondary N) is 1. The Bertz CT molecular complexity index is 391. The molecule has 1 heterocycles. The summed E-state index contributed by atoms with van der Waals surface area (Å²) in [6.07, 6.45) is 3.01. The summed E-state index contributed by atoms with van der Waals surface area (Å²) in [5.41, 5.74) is 0.487. The molecular weight excluding hydrogens is 180 g/mol. The average Bonchev–Trinajstić information content (AvgIpc) is 2.03. The Kier molecular flexibility index (Phi) is 2.88. The van der Waals surface area contributed by atoms with Crippen molar-refractivity contribution in [3.8, 4) is 0 Å². The zero-order valence-corrected chi connectivity index (χ0v) is 6.91. The van der Waals surface area contributed by atoms with Crippen LogP contribution in [0.2, 0.25) is 0 Å². The van der Waals surface area contributed by atoms with Gasteiger partial charge in [0, 0.05) is 24.3 Å². The minimum Gasteiger partial charge on any atom is -0.297 e. The van der Waals surface area contributed by atoms with Gasteiger partial charge in [-0.15, -0.1) is 0 Å². The molecule has 0 saturated carbocycles. The number of halogens is 1. The van der Waals surface area contributed by atoms with Gasteiger partial charge in [0.25, 0.3) is 5.56 Å². The summed E-state index contributed by atoms with van der Waals surface area (Å²) in [6.45, 7) is 0.360. The highest BCUT2D eigenvalue weighted by molar-refractivity contribution is 6.25. The maximum absolute atomic E-state index is 11.0. The molecule has 0 aliphatic carbocycles. The van der Waals surface area contributed by atoms with Crippen LogP contribution in [0.4, 0.5) is 0 Å². The van der Waals surface area contributed by atoms with Gasteiger partial charge in [-0.05, 0) is 0 Å². The van der Waals surface area contributed by atoms with Crippen LogP contribution in [0.5, 0.6) is 0 Å². The van der Waals surface area contributed by atoms with Crippen LogP contribution in [0.3, 0.4) is 0 Å². The number of nitrogens with zero attached hydrogens (tertiary/aromatic N) is 1. The fourth-order valence-electron chi connectivity index (χ4n) is 0.741. The van der Waals surface area contributed by atoms with Crippen molar-refractivity contribution in [3.05, 3.63) is 44.7 Å². The molecule has 0 radical (unpaired) electrons. The van der Waals surface area contributed by atoms with Gasteiger partial charge in [0.15, 0.2) is 0 Å². The monoisotopic (exact) mass is 186 g/mol. The normalized spacial score (nSPS) is 10.8. The third-order valence-corrected chi connectivity index (χ3v) is 1.47. The van der Waals surface area contributed by atoms with Gasteiger partial charge in [-0.2, -0.15) is 0 Å². The van der Waals surface area contributed by atoms with Crippen molar-refractivity contribution in [1.29, 1.82) is 0 Å². The van der Waals surface area contributed by atoms with Crippen molar-refractivity contribution in [2.24, 2.45) is 0 Å². The molecule has 4 nitrogen and oxygen atoms in total. The van der Waals surface area contributed by atoms with Crippen molar-refractivity contribution < 1.29 is 0 Å². The highest BCUT2D eigenvalue weighted by Crippen LogP contribution is 1.82. The Morgan fingerprint density at radius 1 is 1.58 bits per heavy atom. The lowest BCUT2D eigenvalue weighted by Crippen LogP contribution is -2.28. The van der Waals surface area contributed by atoms with E-state index >= 15 is 0 Å². The van der Waals surface area contributed by atoms with Crippen LogP contribution in [-0.2, 0) is 6.54 Å². The summed E-state index contributed by atoms with van der Waals surface area (Å²) in [6, 6.07) is 1.28. The molecular formula is C7H7ClN2O2. The van der Waals surface area contributed by atoms with Crippen molar-refractivity contribution >= 4 is 11.6 Å². The zero-order chi connectivity index (χ0) is 8.97. The van der Waals surface area contributed by atoms with Gasteiger partial charge in [-0.3, -0.25) is 14.3 Å². The van der Waals surface area contributed by atoms with Gasteiger partial charge in [0.1, 0.15) is 0 Å². The van der Waals surface area contributed by atoms with E-state index in [1.807, 2.05) is 0 Å². The van der Waals surface area contributed by atoms with E-state index in [1.165, 1.54) is 22.4 Å². The Balaban J connectivity index is 3.02. The van der Waals surface area contributed by atoms with Crippen molar-refractivity contribution in [2.75, 3.05) is 0 Å². The maximum atomic E-state index is 11.0. The smallest absolute Gasteiger partial charge is 0.297 e. The van der Waals surface area contributed by atoms with Crippen LogP contribution < -0.4 is 11.2 Å². The molecule has 0 atom stereocenters. The minimum atomic E-state index is -0.433.